The molecule has 4 rings (SSSR count). The van der Waals surface area contributed by atoms with Crippen LogP contribution in [0.4, 0.5) is 11.4 Å². The van der Waals surface area contributed by atoms with E-state index in [9.17, 15) is 9.59 Å². The normalized spacial score (nSPS) is 14.0. The Labute approximate surface area is 188 Å². The molecule has 0 bridgehead atoms. The van der Waals surface area contributed by atoms with Crippen LogP contribution in [0.25, 0.3) is 11.3 Å². The lowest BCUT2D eigenvalue weighted by Crippen LogP contribution is -2.32. The highest BCUT2D eigenvalue weighted by Gasteiger charge is 2.27. The van der Waals surface area contributed by atoms with Gasteiger partial charge in [0, 0.05) is 23.5 Å². The van der Waals surface area contributed by atoms with Gasteiger partial charge in [-0.3, -0.25) is 9.59 Å². The van der Waals surface area contributed by atoms with Gasteiger partial charge in [0.1, 0.15) is 0 Å². The van der Waals surface area contributed by atoms with Crippen molar-refractivity contribution in [3.63, 3.8) is 0 Å². The lowest BCUT2D eigenvalue weighted by atomic mass is 10.00. The topological polar surface area (TPSA) is 73.5 Å². The van der Waals surface area contributed by atoms with E-state index in [1.807, 2.05) is 97.9 Å². The van der Waals surface area contributed by atoms with Crippen LogP contribution in [-0.2, 0) is 16.1 Å². The first-order valence-corrected chi connectivity index (χ1v) is 10.5. The van der Waals surface area contributed by atoms with Crippen molar-refractivity contribution in [1.29, 1.82) is 0 Å². The molecule has 0 aliphatic carbocycles. The first-order chi connectivity index (χ1) is 15.5. The van der Waals surface area contributed by atoms with Crippen molar-refractivity contribution in [2.45, 2.75) is 6.54 Å². The summed E-state index contributed by atoms with van der Waals surface area (Å²) < 4.78 is 0. The van der Waals surface area contributed by atoms with Gasteiger partial charge in [0.15, 0.2) is 0 Å². The van der Waals surface area contributed by atoms with Gasteiger partial charge in [-0.2, -0.15) is 0 Å². The number of para-hydroxylation sites is 1. The van der Waals surface area contributed by atoms with E-state index in [2.05, 4.69) is 16.0 Å². The summed E-state index contributed by atoms with van der Waals surface area (Å²) in [5.41, 5.74) is 5.84. The van der Waals surface area contributed by atoms with Crippen LogP contribution in [-0.4, -0.2) is 37.4 Å². The summed E-state index contributed by atoms with van der Waals surface area (Å²) in [7, 11) is 3.73. The third-order valence-corrected chi connectivity index (χ3v) is 5.16. The molecule has 2 amide bonds. The molecule has 3 N–H and O–H groups in total. The monoisotopic (exact) mass is 426 g/mol. The van der Waals surface area contributed by atoms with E-state index in [0.29, 0.717) is 18.7 Å². The Morgan fingerprint density at radius 3 is 2.31 bits per heavy atom. The summed E-state index contributed by atoms with van der Waals surface area (Å²) in [6.45, 7) is 0.826. The van der Waals surface area contributed by atoms with Gasteiger partial charge in [-0.15, -0.1) is 0 Å². The molecular weight excluding hydrogens is 400 g/mol. The number of nitrogens with one attached hydrogen (secondary N) is 3. The highest BCUT2D eigenvalue weighted by molar-refractivity contribution is 6.37. The van der Waals surface area contributed by atoms with Gasteiger partial charge >= 0.3 is 0 Å². The smallest absolute Gasteiger partial charge is 0.258 e. The minimum Gasteiger partial charge on any atom is -0.354 e. The zero-order valence-corrected chi connectivity index (χ0v) is 18.2. The molecule has 0 spiro atoms. The van der Waals surface area contributed by atoms with Crippen molar-refractivity contribution < 1.29 is 9.59 Å². The van der Waals surface area contributed by atoms with Crippen LogP contribution in [0.15, 0.2) is 78.9 Å². The van der Waals surface area contributed by atoms with E-state index in [0.717, 1.165) is 33.8 Å². The summed E-state index contributed by atoms with van der Waals surface area (Å²) in [5, 5.41) is 9.32. The molecule has 3 aromatic rings. The lowest BCUT2D eigenvalue weighted by Gasteiger charge is -2.15. The van der Waals surface area contributed by atoms with Crippen molar-refractivity contribution in [2.75, 3.05) is 31.3 Å². The average Bonchev–Trinajstić information content (AvgIpc) is 3.12. The van der Waals surface area contributed by atoms with Gasteiger partial charge in [0.25, 0.3) is 5.91 Å². The van der Waals surface area contributed by atoms with Crippen LogP contribution in [0.5, 0.6) is 0 Å². The van der Waals surface area contributed by atoms with E-state index in [-0.39, 0.29) is 11.8 Å². The van der Waals surface area contributed by atoms with Gasteiger partial charge in [-0.25, -0.2) is 0 Å². The molecule has 0 atom stereocenters. The minimum atomic E-state index is -0.127. The van der Waals surface area contributed by atoms with Crippen LogP contribution in [0.2, 0.25) is 0 Å². The largest absolute Gasteiger partial charge is 0.354 e. The summed E-state index contributed by atoms with van der Waals surface area (Å²) >= 11 is 0. The lowest BCUT2D eigenvalue weighted by molar-refractivity contribution is -0.121. The van der Waals surface area contributed by atoms with Crippen LogP contribution in [0.1, 0.15) is 16.7 Å². The third kappa shape index (κ3) is 4.87. The van der Waals surface area contributed by atoms with Gasteiger partial charge in [-0.05, 0) is 43.4 Å². The van der Waals surface area contributed by atoms with Crippen LogP contribution in [0.3, 0.4) is 0 Å². The second-order valence-corrected chi connectivity index (χ2v) is 7.95. The quantitative estimate of drug-likeness (QED) is 0.503. The fourth-order valence-corrected chi connectivity index (χ4v) is 3.64. The maximum absolute atomic E-state index is 12.9. The maximum Gasteiger partial charge on any atom is 0.258 e. The number of hydrogen-bond donors (Lipinski definition) is 3. The van der Waals surface area contributed by atoms with Crippen molar-refractivity contribution >= 4 is 34.5 Å². The molecule has 3 aromatic carbocycles. The van der Waals surface area contributed by atoms with Gasteiger partial charge < -0.3 is 20.9 Å². The van der Waals surface area contributed by atoms with Crippen LogP contribution < -0.4 is 16.0 Å². The Morgan fingerprint density at radius 1 is 0.906 bits per heavy atom. The van der Waals surface area contributed by atoms with Gasteiger partial charge in [0.05, 0.1) is 17.8 Å². The molecule has 6 heteroatoms. The van der Waals surface area contributed by atoms with Crippen molar-refractivity contribution in [1.82, 2.24) is 10.2 Å². The second-order valence-electron chi connectivity index (χ2n) is 7.95. The number of benzene rings is 3. The van der Waals surface area contributed by atoms with E-state index in [1.54, 1.807) is 0 Å². The molecule has 32 heavy (non-hydrogen) atoms. The zero-order valence-electron chi connectivity index (χ0n) is 18.2. The van der Waals surface area contributed by atoms with Crippen LogP contribution in [0, 0.1) is 0 Å². The highest BCUT2D eigenvalue weighted by Crippen LogP contribution is 2.37. The molecule has 0 radical (unpaired) electrons. The molecule has 0 aromatic heterocycles. The van der Waals surface area contributed by atoms with Gasteiger partial charge in [0.2, 0.25) is 5.91 Å². The second kappa shape index (κ2) is 9.49. The predicted molar refractivity (Wildman–Crippen MR) is 129 cm³/mol. The summed E-state index contributed by atoms with van der Waals surface area (Å²) in [6.07, 6.45) is 0. The first-order valence-electron chi connectivity index (χ1n) is 10.5. The Hall–Kier alpha value is -3.90. The number of fused-ring (bicyclic) bond motifs is 1. The number of amides is 2. The Kier molecular flexibility index (Phi) is 6.33. The van der Waals surface area contributed by atoms with Crippen molar-refractivity contribution in [3.8, 4) is 0 Å². The number of carbonyl (C=O) groups excluding carboxylic acids is 2. The Bertz CT molecular complexity index is 1150. The van der Waals surface area contributed by atoms with Crippen molar-refractivity contribution in [3.05, 3.63) is 95.6 Å². The van der Waals surface area contributed by atoms with E-state index in [1.165, 1.54) is 0 Å². The van der Waals surface area contributed by atoms with Crippen LogP contribution >= 0.6 is 0 Å². The molecule has 1 aliphatic heterocycles. The van der Waals surface area contributed by atoms with E-state index < -0.39 is 0 Å². The summed E-state index contributed by atoms with van der Waals surface area (Å²) in [6, 6.07) is 25.4. The molecule has 162 valence electrons. The molecule has 1 heterocycles. The molecular formula is C26H26N4O2. The van der Waals surface area contributed by atoms with E-state index >= 15 is 0 Å². The van der Waals surface area contributed by atoms with Crippen molar-refractivity contribution in [2.24, 2.45) is 0 Å². The fraction of sp³-hybridized carbons (Fsp3) is 0.154. The summed E-state index contributed by atoms with van der Waals surface area (Å²) in [5.74, 6) is -0.142. The zero-order chi connectivity index (χ0) is 22.5. The molecule has 1 aliphatic rings. The standard InChI is InChI=1S/C26H26N4O2/c1-30(2)17-23(31)27-16-18-12-14-20(15-13-18)28-25(19-8-4-3-5-9-19)24-21-10-6-7-11-22(21)29-26(24)32/h3-15,28H,16-17H2,1-2H3,(H,27,31)(H,29,32). The maximum atomic E-state index is 12.9. The molecule has 0 fully saturated rings. The number of likely N-dealkylation sites (N-methyl/N-ethyl adjacent to an activating group) is 1. The van der Waals surface area contributed by atoms with E-state index in [4.69, 9.17) is 0 Å². The number of rotatable bonds is 7. The highest BCUT2D eigenvalue weighted by atomic mass is 16.2. The third-order valence-electron chi connectivity index (χ3n) is 5.16. The molecule has 6 nitrogen and oxygen atoms in total. The fourth-order valence-electron chi connectivity index (χ4n) is 3.64. The number of anilines is 2. The Morgan fingerprint density at radius 2 is 1.59 bits per heavy atom. The molecule has 0 saturated heterocycles. The SMILES string of the molecule is CN(C)CC(=O)NCc1ccc(NC(=C2C(=O)Nc3ccccc32)c2ccccc2)cc1. The Balaban J connectivity index is 1.60. The average molecular weight is 427 g/mol. The first kappa shape index (κ1) is 21.3. The predicted octanol–water partition coefficient (Wildman–Crippen LogP) is 3.80. The summed E-state index contributed by atoms with van der Waals surface area (Å²) in [4.78, 5) is 26.6. The molecule has 0 saturated carbocycles. The van der Waals surface area contributed by atoms with Gasteiger partial charge in [-0.1, -0.05) is 60.7 Å². The minimum absolute atomic E-state index is 0.0146. The number of carbonyl (C=O) groups is 2. The number of nitrogens with zero attached hydrogens (tertiary/aromatic N) is 1. The molecule has 0 unspecified atom stereocenters. The number of hydrogen-bond acceptors (Lipinski definition) is 4.